The van der Waals surface area contributed by atoms with E-state index in [1.54, 1.807) is 6.08 Å². The maximum Gasteiger partial charge on any atom is 0.331 e. The summed E-state index contributed by atoms with van der Waals surface area (Å²) >= 11 is 3.37. The smallest absolute Gasteiger partial charge is 0.331 e. The van der Waals surface area contributed by atoms with Crippen molar-refractivity contribution in [1.82, 2.24) is 5.32 Å². The summed E-state index contributed by atoms with van der Waals surface area (Å²) in [5, 5.41) is 2.96. The molecule has 2 rings (SSSR count). The van der Waals surface area contributed by atoms with Gasteiger partial charge in [-0.2, -0.15) is 0 Å². The van der Waals surface area contributed by atoms with Gasteiger partial charge in [-0.15, -0.1) is 0 Å². The van der Waals surface area contributed by atoms with E-state index >= 15 is 0 Å². The van der Waals surface area contributed by atoms with E-state index in [0.717, 1.165) is 29.3 Å². The molecule has 4 nitrogen and oxygen atoms in total. The van der Waals surface area contributed by atoms with Crippen LogP contribution in [-0.2, 0) is 14.3 Å². The Kier molecular flexibility index (Phi) is 6.84. The van der Waals surface area contributed by atoms with Crippen LogP contribution in [0.3, 0.4) is 0 Å². The van der Waals surface area contributed by atoms with Crippen LogP contribution in [0.1, 0.15) is 38.2 Å². The molecule has 5 heteroatoms. The van der Waals surface area contributed by atoms with Gasteiger partial charge in [-0.3, -0.25) is 4.79 Å². The predicted molar refractivity (Wildman–Crippen MR) is 93.7 cm³/mol. The molecule has 0 aliphatic heterocycles. The summed E-state index contributed by atoms with van der Waals surface area (Å²) in [6.07, 6.45) is 7.50. The summed E-state index contributed by atoms with van der Waals surface area (Å²) in [5.41, 5.74) is 0.886. The van der Waals surface area contributed by atoms with Gasteiger partial charge in [0.2, 0.25) is 0 Å². The molecule has 0 unspecified atom stereocenters. The van der Waals surface area contributed by atoms with Crippen LogP contribution < -0.4 is 5.32 Å². The number of esters is 1. The van der Waals surface area contributed by atoms with Crippen molar-refractivity contribution in [3.05, 3.63) is 40.4 Å². The summed E-state index contributed by atoms with van der Waals surface area (Å²) in [6, 6.07) is 7.76. The summed E-state index contributed by atoms with van der Waals surface area (Å²) in [7, 11) is 0. The number of carbonyl (C=O) groups is 2. The zero-order valence-corrected chi connectivity index (χ0v) is 14.8. The van der Waals surface area contributed by atoms with E-state index in [2.05, 4.69) is 28.2 Å². The average molecular weight is 380 g/mol. The van der Waals surface area contributed by atoms with Crippen LogP contribution in [0.5, 0.6) is 0 Å². The molecule has 1 saturated carbocycles. The molecule has 1 fully saturated rings. The zero-order valence-electron chi connectivity index (χ0n) is 13.3. The van der Waals surface area contributed by atoms with Gasteiger partial charge in [0, 0.05) is 16.6 Å². The molecule has 0 radical (unpaired) electrons. The van der Waals surface area contributed by atoms with Gasteiger partial charge in [0.15, 0.2) is 6.61 Å². The fraction of sp³-hybridized carbons (Fsp3) is 0.444. The second kappa shape index (κ2) is 8.87. The maximum absolute atomic E-state index is 11.9. The third-order valence-corrected chi connectivity index (χ3v) is 4.56. The monoisotopic (exact) mass is 379 g/mol. The molecule has 0 heterocycles. The van der Waals surface area contributed by atoms with E-state index in [1.165, 1.54) is 12.5 Å². The minimum atomic E-state index is -0.517. The van der Waals surface area contributed by atoms with E-state index in [0.29, 0.717) is 5.92 Å². The number of nitrogens with one attached hydrogen (secondary N) is 1. The number of ether oxygens (including phenoxy) is 1. The molecule has 1 amide bonds. The van der Waals surface area contributed by atoms with Crippen LogP contribution in [0.15, 0.2) is 34.8 Å². The van der Waals surface area contributed by atoms with Gasteiger partial charge in [-0.25, -0.2) is 4.79 Å². The summed E-state index contributed by atoms with van der Waals surface area (Å²) in [6.45, 7) is 1.92. The normalized spacial score (nSPS) is 21.1. The van der Waals surface area contributed by atoms with Crippen molar-refractivity contribution in [3.63, 3.8) is 0 Å². The number of benzene rings is 1. The molecule has 1 N–H and O–H groups in total. The Morgan fingerprint density at radius 3 is 2.87 bits per heavy atom. The minimum absolute atomic E-state index is 0.201. The molecule has 1 aliphatic rings. The molecule has 1 aliphatic carbocycles. The Labute approximate surface area is 145 Å². The highest BCUT2D eigenvalue weighted by molar-refractivity contribution is 9.10. The minimum Gasteiger partial charge on any atom is -0.452 e. The van der Waals surface area contributed by atoms with Crippen molar-refractivity contribution in [2.75, 3.05) is 6.61 Å². The lowest BCUT2D eigenvalue weighted by molar-refractivity contribution is -0.144. The lowest BCUT2D eigenvalue weighted by atomic mass is 9.86. The third kappa shape index (κ3) is 6.18. The number of amides is 1. The van der Waals surface area contributed by atoms with Crippen molar-refractivity contribution in [2.45, 2.75) is 38.6 Å². The molecular weight excluding hydrogens is 358 g/mol. The first-order valence-corrected chi connectivity index (χ1v) is 8.73. The van der Waals surface area contributed by atoms with Crippen LogP contribution in [0.4, 0.5) is 0 Å². The summed E-state index contributed by atoms with van der Waals surface area (Å²) in [5.74, 6) is -0.260. The quantitative estimate of drug-likeness (QED) is 0.626. The highest BCUT2D eigenvalue weighted by atomic mass is 79.9. The molecule has 1 aromatic rings. The molecule has 0 aromatic heterocycles. The molecule has 0 spiro atoms. The van der Waals surface area contributed by atoms with E-state index in [1.807, 2.05) is 24.3 Å². The van der Waals surface area contributed by atoms with E-state index in [9.17, 15) is 9.59 Å². The van der Waals surface area contributed by atoms with Crippen LogP contribution in [0.2, 0.25) is 0 Å². The number of hydrogen-bond donors (Lipinski definition) is 1. The van der Waals surface area contributed by atoms with Crippen LogP contribution in [0.25, 0.3) is 6.08 Å². The number of halogens is 1. The Hall–Kier alpha value is -1.62. The van der Waals surface area contributed by atoms with Gasteiger partial charge >= 0.3 is 5.97 Å². The third-order valence-electron chi connectivity index (χ3n) is 4.06. The van der Waals surface area contributed by atoms with Crippen molar-refractivity contribution < 1.29 is 14.3 Å². The van der Waals surface area contributed by atoms with Gasteiger partial charge in [0.1, 0.15) is 0 Å². The molecule has 23 heavy (non-hydrogen) atoms. The van der Waals surface area contributed by atoms with E-state index < -0.39 is 5.97 Å². The number of carbonyl (C=O) groups excluding carboxylic acids is 2. The molecule has 2 atom stereocenters. The SMILES string of the molecule is C[C@@H]1CCCC[C@H]1NC(=O)COC(=O)/C=C/c1cccc(Br)c1. The Balaban J connectivity index is 1.74. The largest absolute Gasteiger partial charge is 0.452 e. The summed E-state index contributed by atoms with van der Waals surface area (Å²) in [4.78, 5) is 23.5. The predicted octanol–water partition coefficient (Wildman–Crippen LogP) is 3.70. The van der Waals surface area contributed by atoms with Gasteiger partial charge in [0.05, 0.1) is 0 Å². The highest BCUT2D eigenvalue weighted by Gasteiger charge is 2.22. The standard InChI is InChI=1S/C18H22BrNO3/c1-13-5-2-3-8-16(13)20-17(21)12-23-18(22)10-9-14-6-4-7-15(19)11-14/h4,6-7,9-11,13,16H,2-3,5,8,12H2,1H3,(H,20,21)/b10-9+/t13-,16-/m1/s1. The second-order valence-electron chi connectivity index (χ2n) is 5.93. The van der Waals surface area contributed by atoms with Gasteiger partial charge in [0.25, 0.3) is 5.91 Å². The Morgan fingerprint density at radius 1 is 1.35 bits per heavy atom. The van der Waals surface area contributed by atoms with Crippen LogP contribution in [-0.4, -0.2) is 24.5 Å². The van der Waals surface area contributed by atoms with Crippen LogP contribution in [0, 0.1) is 5.92 Å². The molecule has 124 valence electrons. The first-order chi connectivity index (χ1) is 11.0. The number of hydrogen-bond acceptors (Lipinski definition) is 3. The zero-order chi connectivity index (χ0) is 16.7. The van der Waals surface area contributed by atoms with Crippen molar-refractivity contribution >= 4 is 33.9 Å². The van der Waals surface area contributed by atoms with Gasteiger partial charge in [-0.1, -0.05) is 47.8 Å². The average Bonchev–Trinajstić information content (AvgIpc) is 2.53. The first kappa shape index (κ1) is 17.7. The van der Waals surface area contributed by atoms with Crippen LogP contribution >= 0.6 is 15.9 Å². The van der Waals surface area contributed by atoms with Crippen molar-refractivity contribution in [1.29, 1.82) is 0 Å². The fourth-order valence-electron chi connectivity index (χ4n) is 2.74. The molecule has 1 aromatic carbocycles. The topological polar surface area (TPSA) is 55.4 Å². The lowest BCUT2D eigenvalue weighted by Crippen LogP contribution is -2.42. The van der Waals surface area contributed by atoms with Crippen molar-refractivity contribution in [3.8, 4) is 0 Å². The van der Waals surface area contributed by atoms with Crippen molar-refractivity contribution in [2.24, 2.45) is 5.92 Å². The molecule has 0 bridgehead atoms. The highest BCUT2D eigenvalue weighted by Crippen LogP contribution is 2.23. The first-order valence-electron chi connectivity index (χ1n) is 7.94. The van der Waals surface area contributed by atoms with Gasteiger partial charge in [-0.05, 0) is 42.5 Å². The second-order valence-corrected chi connectivity index (χ2v) is 6.85. The Morgan fingerprint density at radius 2 is 2.13 bits per heavy atom. The van der Waals surface area contributed by atoms with Gasteiger partial charge < -0.3 is 10.1 Å². The summed E-state index contributed by atoms with van der Waals surface area (Å²) < 4.78 is 5.92. The Bertz CT molecular complexity index is 585. The maximum atomic E-state index is 11.9. The molecule has 0 saturated heterocycles. The van der Waals surface area contributed by atoms with E-state index in [-0.39, 0.29) is 18.6 Å². The lowest BCUT2D eigenvalue weighted by Gasteiger charge is -2.29. The molecular formula is C18H22BrNO3. The fourth-order valence-corrected chi connectivity index (χ4v) is 3.16. The van der Waals surface area contributed by atoms with E-state index in [4.69, 9.17) is 4.74 Å². The number of rotatable bonds is 5.